The lowest BCUT2D eigenvalue weighted by Gasteiger charge is -2.14. The molecule has 33 heavy (non-hydrogen) atoms. The molecule has 2 aromatic carbocycles. The first kappa shape index (κ1) is 21.8. The number of fused-ring (bicyclic) bond motifs is 1. The molecule has 0 spiro atoms. The van der Waals surface area contributed by atoms with Crippen molar-refractivity contribution < 1.29 is 14.1 Å². The third-order valence-corrected chi connectivity index (χ3v) is 5.20. The van der Waals surface area contributed by atoms with E-state index in [0.29, 0.717) is 22.2 Å². The quantitative estimate of drug-likeness (QED) is 0.326. The number of carbonyl (C=O) groups excluding carboxylic acids is 1. The van der Waals surface area contributed by atoms with Gasteiger partial charge in [-0.25, -0.2) is 4.79 Å². The predicted octanol–water partition coefficient (Wildman–Crippen LogP) is 2.42. The number of hydrogen-bond donors (Lipinski definition) is 1. The maximum absolute atomic E-state index is 13.2. The van der Waals surface area contributed by atoms with Gasteiger partial charge < -0.3 is 9.73 Å². The van der Waals surface area contributed by atoms with E-state index >= 15 is 0 Å². The summed E-state index contributed by atoms with van der Waals surface area (Å²) in [6.45, 7) is 0.128. The zero-order chi connectivity index (χ0) is 23.4. The number of carbonyl (C=O) groups is 1. The van der Waals surface area contributed by atoms with Gasteiger partial charge in [-0.05, 0) is 29.8 Å². The molecular formula is C23H20N4O6. The van der Waals surface area contributed by atoms with Crippen LogP contribution in [0.25, 0.3) is 10.9 Å². The van der Waals surface area contributed by atoms with E-state index < -0.39 is 16.2 Å². The highest BCUT2D eigenvalue weighted by molar-refractivity contribution is 5.78. The Hall–Kier alpha value is -4.47. The third-order valence-electron chi connectivity index (χ3n) is 5.20. The molecule has 10 heteroatoms. The summed E-state index contributed by atoms with van der Waals surface area (Å²) in [6, 6.07) is 16.0. The molecule has 10 nitrogen and oxygen atoms in total. The highest BCUT2D eigenvalue weighted by Gasteiger charge is 2.15. The molecule has 0 radical (unpaired) electrons. The molecule has 0 aliphatic heterocycles. The summed E-state index contributed by atoms with van der Waals surface area (Å²) in [5, 5.41) is 14.1. The van der Waals surface area contributed by atoms with E-state index in [-0.39, 0.29) is 37.6 Å². The van der Waals surface area contributed by atoms with Gasteiger partial charge in [0.15, 0.2) is 0 Å². The first-order valence-corrected chi connectivity index (χ1v) is 10.2. The van der Waals surface area contributed by atoms with Crippen molar-refractivity contribution >= 4 is 22.5 Å². The number of para-hydroxylation sites is 1. The van der Waals surface area contributed by atoms with Crippen molar-refractivity contribution in [3.05, 3.63) is 109 Å². The van der Waals surface area contributed by atoms with Crippen LogP contribution in [0.3, 0.4) is 0 Å². The number of aromatic nitrogens is 2. The fraction of sp³-hybridized carbons (Fsp3) is 0.174. The standard InChI is InChI=1S/C23H20N4O6/c28-21(24-14-18-7-4-12-33-18)10-11-25-22(29)19-8-1-2-9-20(19)26(23(25)30)15-16-5-3-6-17(13-16)27(31)32/h1-9,12-13H,10-11,14-15H2,(H,24,28). The molecule has 0 saturated carbocycles. The van der Waals surface area contributed by atoms with Crippen molar-refractivity contribution in [1.82, 2.24) is 14.5 Å². The van der Waals surface area contributed by atoms with Crippen molar-refractivity contribution in [1.29, 1.82) is 0 Å². The molecule has 1 amide bonds. The predicted molar refractivity (Wildman–Crippen MR) is 120 cm³/mol. The zero-order valence-corrected chi connectivity index (χ0v) is 17.5. The van der Waals surface area contributed by atoms with E-state index in [2.05, 4.69) is 5.32 Å². The lowest BCUT2D eigenvalue weighted by molar-refractivity contribution is -0.384. The van der Waals surface area contributed by atoms with E-state index in [0.717, 1.165) is 4.57 Å². The second-order valence-corrected chi connectivity index (χ2v) is 7.38. The summed E-state index contributed by atoms with van der Waals surface area (Å²) in [5.74, 6) is 0.252. The minimum atomic E-state index is -0.593. The van der Waals surface area contributed by atoms with E-state index in [9.17, 15) is 24.5 Å². The maximum atomic E-state index is 13.2. The number of non-ortho nitro benzene ring substituents is 1. The number of hydrogen-bond acceptors (Lipinski definition) is 6. The molecule has 2 heterocycles. The molecule has 4 aromatic rings. The average molecular weight is 448 g/mol. The van der Waals surface area contributed by atoms with Crippen LogP contribution >= 0.6 is 0 Å². The molecule has 0 aliphatic rings. The molecule has 0 atom stereocenters. The van der Waals surface area contributed by atoms with Gasteiger partial charge in [0.1, 0.15) is 5.76 Å². The molecule has 2 aromatic heterocycles. The van der Waals surface area contributed by atoms with E-state index in [1.54, 1.807) is 48.5 Å². The largest absolute Gasteiger partial charge is 0.467 e. The minimum Gasteiger partial charge on any atom is -0.467 e. The van der Waals surface area contributed by atoms with Crippen molar-refractivity contribution in [3.63, 3.8) is 0 Å². The zero-order valence-electron chi connectivity index (χ0n) is 17.5. The Morgan fingerprint density at radius 2 is 1.85 bits per heavy atom. The summed E-state index contributed by atoms with van der Waals surface area (Å²) >= 11 is 0. The molecule has 168 valence electrons. The van der Waals surface area contributed by atoms with Crippen LogP contribution in [0.1, 0.15) is 17.7 Å². The minimum absolute atomic E-state index is 0.0337. The number of benzene rings is 2. The number of nitro benzene ring substituents is 1. The SMILES string of the molecule is O=C(CCn1c(=O)c2ccccc2n(Cc2cccc([N+](=O)[O-])c2)c1=O)NCc1ccco1. The molecule has 1 N–H and O–H groups in total. The summed E-state index contributed by atoms with van der Waals surface area (Å²) in [5.41, 5.74) is -0.226. The van der Waals surface area contributed by atoms with E-state index in [4.69, 9.17) is 4.42 Å². The summed E-state index contributed by atoms with van der Waals surface area (Å²) in [7, 11) is 0. The van der Waals surface area contributed by atoms with Crippen molar-refractivity contribution in [2.75, 3.05) is 0 Å². The summed E-state index contributed by atoms with van der Waals surface area (Å²) in [6.07, 6.45) is 1.42. The van der Waals surface area contributed by atoms with Crippen LogP contribution in [0, 0.1) is 10.1 Å². The van der Waals surface area contributed by atoms with Crippen molar-refractivity contribution in [2.24, 2.45) is 0 Å². The van der Waals surface area contributed by atoms with Gasteiger partial charge in [-0.1, -0.05) is 24.3 Å². The Balaban J connectivity index is 1.64. The molecular weight excluding hydrogens is 428 g/mol. The van der Waals surface area contributed by atoms with E-state index in [1.165, 1.54) is 23.0 Å². The summed E-state index contributed by atoms with van der Waals surface area (Å²) in [4.78, 5) is 49.0. The highest BCUT2D eigenvalue weighted by atomic mass is 16.6. The van der Waals surface area contributed by atoms with E-state index in [1.807, 2.05) is 0 Å². The number of amides is 1. The highest BCUT2D eigenvalue weighted by Crippen LogP contribution is 2.15. The molecule has 4 rings (SSSR count). The number of nitrogens with zero attached hydrogens (tertiary/aromatic N) is 3. The molecule has 0 fully saturated rings. The molecule has 0 saturated heterocycles. The van der Waals surface area contributed by atoms with Crippen LogP contribution in [0.2, 0.25) is 0 Å². The van der Waals surface area contributed by atoms with Gasteiger partial charge >= 0.3 is 5.69 Å². The van der Waals surface area contributed by atoms with Gasteiger partial charge in [0.25, 0.3) is 11.2 Å². The first-order chi connectivity index (χ1) is 15.9. The van der Waals surface area contributed by atoms with Gasteiger partial charge in [-0.2, -0.15) is 0 Å². The molecule has 0 bridgehead atoms. The maximum Gasteiger partial charge on any atom is 0.331 e. The topological polar surface area (TPSA) is 129 Å². The normalized spacial score (nSPS) is 10.9. The Bertz CT molecular complexity index is 1440. The second-order valence-electron chi connectivity index (χ2n) is 7.38. The van der Waals surface area contributed by atoms with Gasteiger partial charge in [0.2, 0.25) is 5.91 Å². The third kappa shape index (κ3) is 4.74. The fourth-order valence-electron chi connectivity index (χ4n) is 3.57. The van der Waals surface area contributed by atoms with Gasteiger partial charge in [0.05, 0.1) is 35.2 Å². The first-order valence-electron chi connectivity index (χ1n) is 10.2. The van der Waals surface area contributed by atoms with Crippen LogP contribution in [-0.2, 0) is 24.4 Å². The van der Waals surface area contributed by atoms with Crippen molar-refractivity contribution in [2.45, 2.75) is 26.1 Å². The molecule has 0 unspecified atom stereocenters. The van der Waals surface area contributed by atoms with Gasteiger partial charge in [0, 0.05) is 25.1 Å². The van der Waals surface area contributed by atoms with Crippen LogP contribution in [0.4, 0.5) is 5.69 Å². The number of nitro groups is 1. The number of furan rings is 1. The number of rotatable bonds is 8. The van der Waals surface area contributed by atoms with Crippen LogP contribution < -0.4 is 16.6 Å². The lowest BCUT2D eigenvalue weighted by Crippen LogP contribution is -2.41. The molecule has 0 aliphatic carbocycles. The van der Waals surface area contributed by atoms with Crippen LogP contribution in [0.5, 0.6) is 0 Å². The van der Waals surface area contributed by atoms with Gasteiger partial charge in [-0.15, -0.1) is 0 Å². The fourth-order valence-corrected chi connectivity index (χ4v) is 3.57. The smallest absolute Gasteiger partial charge is 0.331 e. The number of nitrogens with one attached hydrogen (secondary N) is 1. The Kier molecular flexibility index (Phi) is 6.16. The van der Waals surface area contributed by atoms with Gasteiger partial charge in [-0.3, -0.25) is 28.8 Å². The van der Waals surface area contributed by atoms with Crippen molar-refractivity contribution in [3.8, 4) is 0 Å². The lowest BCUT2D eigenvalue weighted by atomic mass is 10.2. The second kappa shape index (κ2) is 9.35. The average Bonchev–Trinajstić information content (AvgIpc) is 3.34. The monoisotopic (exact) mass is 448 g/mol. The van der Waals surface area contributed by atoms with Crippen LogP contribution in [0.15, 0.2) is 80.9 Å². The summed E-state index contributed by atoms with van der Waals surface area (Å²) < 4.78 is 7.57. The Morgan fingerprint density at radius 3 is 2.61 bits per heavy atom. The van der Waals surface area contributed by atoms with Crippen LogP contribution in [-0.4, -0.2) is 20.0 Å². The Labute approximate surface area is 186 Å². The Morgan fingerprint density at radius 1 is 1.03 bits per heavy atom.